The highest BCUT2D eigenvalue weighted by atomic mass is 32.1. The molecule has 0 aliphatic carbocycles. The Labute approximate surface area is 164 Å². The molecule has 0 unspecified atom stereocenters. The quantitative estimate of drug-likeness (QED) is 0.538. The summed E-state index contributed by atoms with van der Waals surface area (Å²) in [5.74, 6) is 2.12. The van der Waals surface area contributed by atoms with Crippen LogP contribution in [0.1, 0.15) is 23.2 Å². The van der Waals surface area contributed by atoms with Crippen molar-refractivity contribution in [2.75, 3.05) is 26.4 Å². The summed E-state index contributed by atoms with van der Waals surface area (Å²) < 4.78 is 48.4. The molecular formula is C18H21F3N4O2S. The maximum Gasteiger partial charge on any atom is 0.434 e. The number of nitrogens with one attached hydrogen (secondary N) is 2. The Morgan fingerprint density at radius 1 is 1.21 bits per heavy atom. The molecule has 2 N–H and O–H groups in total. The highest BCUT2D eigenvalue weighted by Crippen LogP contribution is 2.32. The SMILES string of the molecule is CCNC(=NCCc1nc(C(F)(F)F)cs1)NCCc1ccc2c(c1)OCO2. The number of benzene rings is 1. The molecule has 28 heavy (non-hydrogen) atoms. The first kappa shape index (κ1) is 20.2. The van der Waals surface area contributed by atoms with Crippen LogP contribution in [-0.2, 0) is 19.0 Å². The lowest BCUT2D eigenvalue weighted by Crippen LogP contribution is -2.38. The molecule has 2 aromatic rings. The van der Waals surface area contributed by atoms with Crippen LogP contribution in [0, 0.1) is 0 Å². The third kappa shape index (κ3) is 5.51. The second-order valence-electron chi connectivity index (χ2n) is 6.00. The van der Waals surface area contributed by atoms with Crippen molar-refractivity contribution in [1.29, 1.82) is 0 Å². The van der Waals surface area contributed by atoms with Crippen molar-refractivity contribution in [3.8, 4) is 11.5 Å². The average Bonchev–Trinajstić information content (AvgIpc) is 3.30. The number of aromatic nitrogens is 1. The Balaban J connectivity index is 1.48. The van der Waals surface area contributed by atoms with Gasteiger partial charge in [-0.05, 0) is 31.0 Å². The summed E-state index contributed by atoms with van der Waals surface area (Å²) in [6, 6.07) is 5.83. The summed E-state index contributed by atoms with van der Waals surface area (Å²) in [5.41, 5.74) is 0.264. The van der Waals surface area contributed by atoms with Gasteiger partial charge in [0, 0.05) is 31.4 Å². The molecule has 0 amide bonds. The van der Waals surface area contributed by atoms with E-state index in [1.165, 1.54) is 0 Å². The average molecular weight is 414 g/mol. The molecule has 2 heterocycles. The van der Waals surface area contributed by atoms with Crippen LogP contribution >= 0.6 is 11.3 Å². The molecule has 10 heteroatoms. The second-order valence-corrected chi connectivity index (χ2v) is 6.94. The van der Waals surface area contributed by atoms with Crippen LogP contribution in [0.25, 0.3) is 0 Å². The number of hydrogen-bond donors (Lipinski definition) is 2. The van der Waals surface area contributed by atoms with Gasteiger partial charge in [-0.25, -0.2) is 4.98 Å². The van der Waals surface area contributed by atoms with E-state index in [9.17, 15) is 13.2 Å². The lowest BCUT2D eigenvalue weighted by molar-refractivity contribution is -0.140. The van der Waals surface area contributed by atoms with Crippen molar-refractivity contribution in [3.05, 3.63) is 39.8 Å². The smallest absolute Gasteiger partial charge is 0.434 e. The Hall–Kier alpha value is -2.49. The Bertz CT molecular complexity index is 823. The topological polar surface area (TPSA) is 67.8 Å². The number of ether oxygens (including phenoxy) is 2. The fourth-order valence-corrected chi connectivity index (χ4v) is 3.38. The number of fused-ring (bicyclic) bond motifs is 1. The zero-order valence-corrected chi connectivity index (χ0v) is 16.1. The molecule has 6 nitrogen and oxygen atoms in total. The van der Waals surface area contributed by atoms with Crippen LogP contribution in [0.4, 0.5) is 13.2 Å². The van der Waals surface area contributed by atoms with Crippen molar-refractivity contribution in [1.82, 2.24) is 15.6 Å². The van der Waals surface area contributed by atoms with Crippen molar-refractivity contribution in [3.63, 3.8) is 0 Å². The molecule has 1 aromatic heterocycles. The summed E-state index contributed by atoms with van der Waals surface area (Å²) in [6.45, 7) is 3.89. The molecule has 0 saturated heterocycles. The minimum Gasteiger partial charge on any atom is -0.454 e. The highest BCUT2D eigenvalue weighted by Gasteiger charge is 2.33. The zero-order chi connectivity index (χ0) is 20.0. The predicted molar refractivity (Wildman–Crippen MR) is 101 cm³/mol. The van der Waals surface area contributed by atoms with Gasteiger partial charge in [-0.1, -0.05) is 6.07 Å². The third-order valence-electron chi connectivity index (χ3n) is 3.93. The number of alkyl halides is 3. The van der Waals surface area contributed by atoms with Crippen LogP contribution in [0.3, 0.4) is 0 Å². The summed E-state index contributed by atoms with van der Waals surface area (Å²) >= 11 is 1.00. The first-order valence-electron chi connectivity index (χ1n) is 8.88. The lowest BCUT2D eigenvalue weighted by Gasteiger charge is -2.11. The highest BCUT2D eigenvalue weighted by molar-refractivity contribution is 7.09. The van der Waals surface area contributed by atoms with E-state index in [2.05, 4.69) is 20.6 Å². The van der Waals surface area contributed by atoms with Crippen molar-refractivity contribution >= 4 is 17.3 Å². The second kappa shape index (κ2) is 9.13. The molecule has 0 saturated carbocycles. The Morgan fingerprint density at radius 2 is 2.04 bits per heavy atom. The van der Waals surface area contributed by atoms with E-state index in [1.54, 1.807) is 0 Å². The zero-order valence-electron chi connectivity index (χ0n) is 15.3. The molecule has 0 fully saturated rings. The maximum absolute atomic E-state index is 12.6. The van der Waals surface area contributed by atoms with Crippen LogP contribution < -0.4 is 20.1 Å². The standard InChI is InChI=1S/C18H21F3N4O2S/c1-2-22-17(24-8-6-16-25-15(10-28-16)18(19,20)21)23-7-5-12-3-4-13-14(9-12)27-11-26-13/h3-4,9-10H,2,5-8,11H2,1H3,(H2,22,23,24). The molecule has 0 bridgehead atoms. The van der Waals surface area contributed by atoms with Crippen LogP contribution in [0.5, 0.6) is 11.5 Å². The number of nitrogens with zero attached hydrogens (tertiary/aromatic N) is 2. The number of aliphatic imine (C=N–C) groups is 1. The van der Waals surface area contributed by atoms with Gasteiger partial charge in [-0.3, -0.25) is 4.99 Å². The molecule has 1 aliphatic heterocycles. The van der Waals surface area contributed by atoms with Gasteiger partial charge < -0.3 is 20.1 Å². The van der Waals surface area contributed by atoms with Crippen LogP contribution in [-0.4, -0.2) is 37.4 Å². The fraction of sp³-hybridized carbons (Fsp3) is 0.444. The van der Waals surface area contributed by atoms with Gasteiger partial charge in [-0.15, -0.1) is 11.3 Å². The molecule has 1 aromatic carbocycles. The number of guanidine groups is 1. The monoisotopic (exact) mass is 414 g/mol. The fourth-order valence-electron chi connectivity index (χ4n) is 2.58. The number of halogens is 3. The molecule has 3 rings (SSSR count). The van der Waals surface area contributed by atoms with E-state index in [0.717, 1.165) is 40.2 Å². The summed E-state index contributed by atoms with van der Waals surface area (Å²) in [6.07, 6.45) is -3.27. The van der Waals surface area contributed by atoms with Crippen LogP contribution in [0.15, 0.2) is 28.6 Å². The Morgan fingerprint density at radius 3 is 2.79 bits per heavy atom. The summed E-state index contributed by atoms with van der Waals surface area (Å²) in [5, 5.41) is 7.80. The molecular weight excluding hydrogens is 393 g/mol. The lowest BCUT2D eigenvalue weighted by atomic mass is 10.1. The minimum absolute atomic E-state index is 0.248. The van der Waals surface area contributed by atoms with E-state index in [1.807, 2.05) is 25.1 Å². The summed E-state index contributed by atoms with van der Waals surface area (Å²) in [4.78, 5) is 8.02. The van der Waals surface area contributed by atoms with Crippen LogP contribution in [0.2, 0.25) is 0 Å². The normalized spacial score (nSPS) is 13.6. The van der Waals surface area contributed by atoms with Gasteiger partial charge in [0.2, 0.25) is 6.79 Å². The first-order valence-corrected chi connectivity index (χ1v) is 9.76. The third-order valence-corrected chi connectivity index (χ3v) is 4.83. The molecule has 152 valence electrons. The van der Waals surface area contributed by atoms with E-state index in [0.29, 0.717) is 37.0 Å². The van der Waals surface area contributed by atoms with E-state index >= 15 is 0 Å². The largest absolute Gasteiger partial charge is 0.454 e. The molecule has 1 aliphatic rings. The molecule has 0 spiro atoms. The van der Waals surface area contributed by atoms with Crippen molar-refractivity contribution in [2.45, 2.75) is 25.9 Å². The molecule has 0 radical (unpaired) electrons. The first-order chi connectivity index (χ1) is 13.5. The molecule has 0 atom stereocenters. The Kier molecular flexibility index (Phi) is 6.61. The van der Waals surface area contributed by atoms with E-state index in [4.69, 9.17) is 9.47 Å². The number of thiazole rings is 1. The summed E-state index contributed by atoms with van der Waals surface area (Å²) in [7, 11) is 0. The van der Waals surface area contributed by atoms with Gasteiger partial charge in [0.25, 0.3) is 0 Å². The van der Waals surface area contributed by atoms with E-state index in [-0.39, 0.29) is 6.79 Å². The van der Waals surface area contributed by atoms with E-state index < -0.39 is 11.9 Å². The number of hydrogen-bond acceptors (Lipinski definition) is 5. The van der Waals surface area contributed by atoms with Gasteiger partial charge in [-0.2, -0.15) is 13.2 Å². The predicted octanol–water partition coefficient (Wildman–Crippen LogP) is 3.23. The van der Waals surface area contributed by atoms with Gasteiger partial charge >= 0.3 is 6.18 Å². The van der Waals surface area contributed by atoms with Gasteiger partial charge in [0.1, 0.15) is 0 Å². The van der Waals surface area contributed by atoms with Crippen molar-refractivity contribution < 1.29 is 22.6 Å². The van der Waals surface area contributed by atoms with Gasteiger partial charge in [0.15, 0.2) is 23.2 Å². The minimum atomic E-state index is -4.40. The maximum atomic E-state index is 12.6. The number of rotatable bonds is 7. The van der Waals surface area contributed by atoms with Crippen molar-refractivity contribution in [2.24, 2.45) is 4.99 Å². The van der Waals surface area contributed by atoms with Gasteiger partial charge in [0.05, 0.1) is 5.01 Å².